The number of esters is 1. The van der Waals surface area contributed by atoms with E-state index in [1.54, 1.807) is 6.07 Å². The van der Waals surface area contributed by atoms with Crippen molar-refractivity contribution in [3.8, 4) is 6.01 Å². The largest absolute Gasteiger partial charge is 0.466 e. The zero-order chi connectivity index (χ0) is 16.4. The van der Waals surface area contributed by atoms with Gasteiger partial charge in [0.2, 0.25) is 5.60 Å². The van der Waals surface area contributed by atoms with Gasteiger partial charge in [0.25, 0.3) is 0 Å². The number of halogens is 1. The number of piperidine rings is 1. The van der Waals surface area contributed by atoms with Crippen molar-refractivity contribution >= 4 is 23.4 Å². The summed E-state index contributed by atoms with van der Waals surface area (Å²) in [4.78, 5) is 22.6. The quantitative estimate of drug-likeness (QED) is 0.607. The minimum absolute atomic E-state index is 0.147. The number of aromatic nitrogens is 2. The number of carbonyl (C=O) groups excluding carboxylic acids is 1. The molecule has 0 aromatic carbocycles. The van der Waals surface area contributed by atoms with Crippen molar-refractivity contribution in [2.24, 2.45) is 5.92 Å². The maximum Gasteiger partial charge on any atom is 0.350 e. The van der Waals surface area contributed by atoms with Crippen molar-refractivity contribution in [2.45, 2.75) is 44.6 Å². The second kappa shape index (κ2) is 6.51. The molecule has 2 heterocycles. The van der Waals surface area contributed by atoms with E-state index < -0.39 is 5.60 Å². The van der Waals surface area contributed by atoms with Crippen LogP contribution in [0, 0.1) is 5.92 Å². The summed E-state index contributed by atoms with van der Waals surface area (Å²) in [7, 11) is 1.36. The van der Waals surface area contributed by atoms with Gasteiger partial charge in [-0.2, -0.15) is 9.97 Å². The standard InChI is InChI=1S/C16H22ClN3O3/c1-3-11-5-4-8-20(10-11)13-9-12(17)18-15(19-13)23-16(6-7-16)14(21)22-2/h9,11H,3-8,10H2,1-2H3/t11-/m0/s1. The van der Waals surface area contributed by atoms with E-state index in [1.807, 2.05) is 0 Å². The molecular formula is C16H22ClN3O3. The fourth-order valence-corrected chi connectivity index (χ4v) is 3.19. The van der Waals surface area contributed by atoms with Gasteiger partial charge in [0.1, 0.15) is 11.0 Å². The third kappa shape index (κ3) is 3.52. The maximum absolute atomic E-state index is 11.8. The Kier molecular flexibility index (Phi) is 4.62. The third-order valence-corrected chi connectivity index (χ3v) is 4.82. The molecule has 0 radical (unpaired) electrons. The van der Waals surface area contributed by atoms with Crippen molar-refractivity contribution in [3.63, 3.8) is 0 Å². The molecule has 1 aliphatic carbocycles. The highest BCUT2D eigenvalue weighted by Crippen LogP contribution is 2.41. The predicted molar refractivity (Wildman–Crippen MR) is 86.9 cm³/mol. The Morgan fingerprint density at radius 3 is 2.91 bits per heavy atom. The molecule has 7 heteroatoms. The molecule has 0 bridgehead atoms. The Balaban J connectivity index is 1.78. The lowest BCUT2D eigenvalue weighted by Crippen LogP contribution is -2.36. The number of hydrogen-bond donors (Lipinski definition) is 0. The lowest BCUT2D eigenvalue weighted by molar-refractivity contribution is -0.151. The minimum atomic E-state index is -0.926. The number of ether oxygens (including phenoxy) is 2. The van der Waals surface area contributed by atoms with Gasteiger partial charge in [-0.05, 0) is 18.8 Å². The topological polar surface area (TPSA) is 64.6 Å². The number of carbonyl (C=O) groups is 1. The summed E-state index contributed by atoms with van der Waals surface area (Å²) in [5.74, 6) is 1.05. The second-order valence-corrected chi connectivity index (χ2v) is 6.67. The summed E-state index contributed by atoms with van der Waals surface area (Å²) < 4.78 is 10.5. The van der Waals surface area contributed by atoms with Crippen LogP contribution in [0.3, 0.4) is 0 Å². The van der Waals surface area contributed by atoms with Gasteiger partial charge in [-0.25, -0.2) is 4.79 Å². The fraction of sp³-hybridized carbons (Fsp3) is 0.688. The lowest BCUT2D eigenvalue weighted by Gasteiger charge is -2.33. The van der Waals surface area contributed by atoms with E-state index in [-0.39, 0.29) is 12.0 Å². The highest BCUT2D eigenvalue weighted by Gasteiger charge is 2.55. The monoisotopic (exact) mass is 339 g/mol. The maximum atomic E-state index is 11.8. The van der Waals surface area contributed by atoms with E-state index in [9.17, 15) is 4.79 Å². The Morgan fingerprint density at radius 1 is 1.48 bits per heavy atom. The van der Waals surface area contributed by atoms with Gasteiger partial charge in [-0.3, -0.25) is 0 Å². The van der Waals surface area contributed by atoms with Gasteiger partial charge in [-0.15, -0.1) is 0 Å². The summed E-state index contributed by atoms with van der Waals surface area (Å²) in [6.07, 6.45) is 4.78. The predicted octanol–water partition coefficient (Wildman–Crippen LogP) is 2.84. The van der Waals surface area contributed by atoms with E-state index >= 15 is 0 Å². The molecule has 0 N–H and O–H groups in total. The van der Waals surface area contributed by atoms with Crippen LogP contribution in [0.2, 0.25) is 5.15 Å². The molecule has 6 nitrogen and oxygen atoms in total. The molecule has 0 unspecified atom stereocenters. The molecule has 0 spiro atoms. The van der Waals surface area contributed by atoms with Crippen LogP contribution in [-0.2, 0) is 9.53 Å². The van der Waals surface area contributed by atoms with Gasteiger partial charge in [0, 0.05) is 32.0 Å². The Morgan fingerprint density at radius 2 is 2.26 bits per heavy atom. The molecule has 0 amide bonds. The SMILES string of the molecule is CC[C@H]1CCCN(c2cc(Cl)nc(OC3(C(=O)OC)CC3)n2)C1. The van der Waals surface area contributed by atoms with Crippen LogP contribution >= 0.6 is 11.6 Å². The molecule has 1 atom stereocenters. The Bertz CT molecular complexity index is 592. The normalized spacial score (nSPS) is 22.6. The van der Waals surface area contributed by atoms with Crippen LogP contribution in [-0.4, -0.2) is 41.7 Å². The summed E-state index contributed by atoms with van der Waals surface area (Å²) >= 11 is 6.13. The number of nitrogens with zero attached hydrogens (tertiary/aromatic N) is 3. The lowest BCUT2D eigenvalue weighted by atomic mass is 9.96. The van der Waals surface area contributed by atoms with E-state index in [4.69, 9.17) is 21.1 Å². The van der Waals surface area contributed by atoms with Crippen LogP contribution in [0.25, 0.3) is 0 Å². The number of anilines is 1. The zero-order valence-corrected chi connectivity index (χ0v) is 14.3. The summed E-state index contributed by atoms with van der Waals surface area (Å²) in [6, 6.07) is 1.90. The van der Waals surface area contributed by atoms with E-state index in [2.05, 4.69) is 21.8 Å². The van der Waals surface area contributed by atoms with Gasteiger partial charge in [0.15, 0.2) is 0 Å². The van der Waals surface area contributed by atoms with Gasteiger partial charge >= 0.3 is 12.0 Å². The van der Waals surface area contributed by atoms with Crippen LogP contribution in [0.4, 0.5) is 5.82 Å². The average Bonchev–Trinajstić information content (AvgIpc) is 3.34. The van der Waals surface area contributed by atoms with Crippen molar-refractivity contribution in [2.75, 3.05) is 25.1 Å². The summed E-state index contributed by atoms with van der Waals surface area (Å²) in [6.45, 7) is 4.12. The van der Waals surface area contributed by atoms with Crippen molar-refractivity contribution in [3.05, 3.63) is 11.2 Å². The molecule has 1 aromatic heterocycles. The van der Waals surface area contributed by atoms with Gasteiger partial charge < -0.3 is 14.4 Å². The molecule has 1 saturated heterocycles. The Labute approximate surface area is 141 Å². The first kappa shape index (κ1) is 16.3. The van der Waals surface area contributed by atoms with Crippen LogP contribution in [0.5, 0.6) is 6.01 Å². The molecule has 126 valence electrons. The van der Waals surface area contributed by atoms with Crippen molar-refractivity contribution < 1.29 is 14.3 Å². The molecule has 1 aromatic rings. The van der Waals surface area contributed by atoms with Gasteiger partial charge in [-0.1, -0.05) is 24.9 Å². The van der Waals surface area contributed by atoms with E-state index in [0.717, 1.165) is 31.7 Å². The first-order valence-electron chi connectivity index (χ1n) is 8.13. The molecule has 2 aliphatic rings. The Hall–Kier alpha value is -1.56. The first-order chi connectivity index (χ1) is 11.1. The smallest absolute Gasteiger partial charge is 0.350 e. The molecule has 3 rings (SSSR count). The molecule has 1 saturated carbocycles. The van der Waals surface area contributed by atoms with Crippen molar-refractivity contribution in [1.82, 2.24) is 9.97 Å². The fourth-order valence-electron chi connectivity index (χ4n) is 3.02. The van der Waals surface area contributed by atoms with E-state index in [0.29, 0.717) is 23.9 Å². The molecule has 2 fully saturated rings. The number of rotatable bonds is 5. The zero-order valence-electron chi connectivity index (χ0n) is 13.5. The number of hydrogen-bond acceptors (Lipinski definition) is 6. The summed E-state index contributed by atoms with van der Waals surface area (Å²) in [5, 5.41) is 0.323. The van der Waals surface area contributed by atoms with Crippen LogP contribution < -0.4 is 9.64 Å². The highest BCUT2D eigenvalue weighted by molar-refractivity contribution is 6.29. The van der Waals surface area contributed by atoms with Gasteiger partial charge in [0.05, 0.1) is 7.11 Å². The van der Waals surface area contributed by atoms with Crippen molar-refractivity contribution in [1.29, 1.82) is 0 Å². The first-order valence-corrected chi connectivity index (χ1v) is 8.51. The summed E-state index contributed by atoms with van der Waals surface area (Å²) in [5.41, 5.74) is -0.926. The molecular weight excluding hydrogens is 318 g/mol. The second-order valence-electron chi connectivity index (χ2n) is 6.28. The average molecular weight is 340 g/mol. The molecule has 23 heavy (non-hydrogen) atoms. The number of methoxy groups -OCH3 is 1. The van der Waals surface area contributed by atoms with Crippen LogP contribution in [0.1, 0.15) is 39.0 Å². The molecule has 1 aliphatic heterocycles. The third-order valence-electron chi connectivity index (χ3n) is 4.63. The van der Waals surface area contributed by atoms with E-state index in [1.165, 1.54) is 13.5 Å². The van der Waals surface area contributed by atoms with Crippen LogP contribution in [0.15, 0.2) is 6.07 Å². The highest BCUT2D eigenvalue weighted by atomic mass is 35.5. The minimum Gasteiger partial charge on any atom is -0.466 e.